The van der Waals surface area contributed by atoms with Gasteiger partial charge >= 0.3 is 0 Å². The van der Waals surface area contributed by atoms with E-state index in [1.807, 2.05) is 12.1 Å². The van der Waals surface area contributed by atoms with E-state index in [-0.39, 0.29) is 0 Å². The predicted octanol–water partition coefficient (Wildman–Crippen LogP) is 10.7. The van der Waals surface area contributed by atoms with Crippen LogP contribution in [0.25, 0.3) is 55.8 Å². The van der Waals surface area contributed by atoms with E-state index in [1.165, 1.54) is 5.39 Å². The highest BCUT2D eigenvalue weighted by Gasteiger charge is 2.48. The maximum atomic E-state index is 5.87. The zero-order chi connectivity index (χ0) is 33.1. The van der Waals surface area contributed by atoms with Crippen molar-refractivity contribution in [1.29, 1.82) is 0 Å². The first-order valence-corrected chi connectivity index (χ1v) is 17.0. The molecule has 0 amide bonds. The Morgan fingerprint density at radius 3 is 1.54 bits per heavy atom. The number of rotatable bonds is 4. The highest BCUT2D eigenvalue weighted by Crippen LogP contribution is 2.53. The summed E-state index contributed by atoms with van der Waals surface area (Å²) < 4.78 is 2.32. The van der Waals surface area contributed by atoms with E-state index in [0.29, 0.717) is 0 Å². The maximum absolute atomic E-state index is 5.87. The first-order valence-electron chi connectivity index (χ1n) is 17.0. The summed E-state index contributed by atoms with van der Waals surface area (Å²) in [6.45, 7) is 0. The molecular weight excluding hydrogens is 609 g/mol. The largest absolute Gasteiger partial charge is 0.275 e. The second kappa shape index (κ2) is 11.2. The molecule has 1 spiro atoms. The minimum Gasteiger partial charge on any atom is -0.275 e. The average molecular weight is 639 g/mol. The number of aliphatic imine (C=N–C) groups is 2. The molecule has 0 radical (unpaired) electrons. The van der Waals surface area contributed by atoms with E-state index in [9.17, 15) is 0 Å². The van der Waals surface area contributed by atoms with Crippen LogP contribution in [0.1, 0.15) is 16.7 Å². The Bertz CT molecular complexity index is 2560. The molecule has 2 aliphatic heterocycles. The van der Waals surface area contributed by atoms with Crippen LogP contribution in [-0.4, -0.2) is 21.0 Å². The third-order valence-corrected chi connectivity index (χ3v) is 9.87. The highest BCUT2D eigenvalue weighted by molar-refractivity contribution is 6.54. The van der Waals surface area contributed by atoms with Crippen molar-refractivity contribution in [2.24, 2.45) is 9.98 Å². The Kier molecular flexibility index (Phi) is 6.36. The fourth-order valence-corrected chi connectivity index (χ4v) is 7.68. The fourth-order valence-electron chi connectivity index (χ4n) is 7.68. The Balaban J connectivity index is 1.44. The molecule has 0 bridgehead atoms. The molecule has 0 fully saturated rings. The van der Waals surface area contributed by atoms with Gasteiger partial charge in [0.2, 0.25) is 0 Å². The summed E-state index contributed by atoms with van der Waals surface area (Å²) in [7, 11) is 0. The summed E-state index contributed by atoms with van der Waals surface area (Å²) in [6, 6.07) is 63.7. The van der Waals surface area contributed by atoms with E-state index in [0.717, 1.165) is 78.5 Å². The van der Waals surface area contributed by atoms with Crippen molar-refractivity contribution in [3.05, 3.63) is 199 Å². The highest BCUT2D eigenvalue weighted by atomic mass is 15.4. The second-order valence-electron chi connectivity index (χ2n) is 12.7. The number of aromatic nitrogens is 2. The van der Waals surface area contributed by atoms with Crippen molar-refractivity contribution in [3.63, 3.8) is 0 Å². The summed E-state index contributed by atoms with van der Waals surface area (Å²) in [4.78, 5) is 17.3. The SMILES string of the molecule is c1ccc(C2=NC3(N=C2c2ccccc2)c2ccc4ccccc4c2-c2ccccc2-c2nc(-c4ccccc4)c(-c4ccccc4)n23)cc1. The lowest BCUT2D eigenvalue weighted by atomic mass is 9.89. The normalized spacial score (nSPS) is 14.0. The summed E-state index contributed by atoms with van der Waals surface area (Å²) >= 11 is 0. The van der Waals surface area contributed by atoms with Gasteiger partial charge in [-0.3, -0.25) is 4.57 Å². The van der Waals surface area contributed by atoms with Gasteiger partial charge in [0.15, 0.2) is 0 Å². The van der Waals surface area contributed by atoms with Gasteiger partial charge < -0.3 is 0 Å². The molecule has 0 aliphatic carbocycles. The van der Waals surface area contributed by atoms with E-state index in [1.54, 1.807) is 0 Å². The van der Waals surface area contributed by atoms with E-state index < -0.39 is 5.79 Å². The molecule has 3 heterocycles. The molecule has 1 aromatic heterocycles. The smallest absolute Gasteiger partial charge is 0.262 e. The topological polar surface area (TPSA) is 42.5 Å². The molecule has 4 nitrogen and oxygen atoms in total. The van der Waals surface area contributed by atoms with Gasteiger partial charge in [-0.05, 0) is 21.9 Å². The summed E-state index contributed by atoms with van der Waals surface area (Å²) in [5.41, 5.74) is 12.0. The standard InChI is InChI=1S/C46H30N4/c1-5-18-32(19-6-1)41-42(33-20-7-2-8-21-33)49-46(48-41)39-30-29-31-17-13-14-26-36(31)40(39)37-27-15-16-28-38(37)45-47-43(34-22-9-3-10-23-34)44(50(45)46)35-24-11-4-12-25-35/h1-30H. The van der Waals surface area contributed by atoms with Crippen LogP contribution in [0.5, 0.6) is 0 Å². The molecule has 0 unspecified atom stereocenters. The first kappa shape index (κ1) is 28.4. The van der Waals surface area contributed by atoms with Crippen LogP contribution in [-0.2, 0) is 5.79 Å². The summed E-state index contributed by atoms with van der Waals surface area (Å²) in [6.07, 6.45) is 0. The van der Waals surface area contributed by atoms with Gasteiger partial charge in [-0.2, -0.15) is 0 Å². The first-order chi connectivity index (χ1) is 24.8. The molecule has 7 aromatic carbocycles. The number of fused-ring (bicyclic) bond motifs is 9. The number of imidazole rings is 1. The zero-order valence-corrected chi connectivity index (χ0v) is 27.1. The van der Waals surface area contributed by atoms with Crippen molar-refractivity contribution < 1.29 is 0 Å². The van der Waals surface area contributed by atoms with E-state index in [2.05, 4.69) is 174 Å². The lowest BCUT2D eigenvalue weighted by Gasteiger charge is -2.30. The summed E-state index contributed by atoms with van der Waals surface area (Å²) in [5.74, 6) is -0.400. The molecule has 4 heteroatoms. The predicted molar refractivity (Wildman–Crippen MR) is 205 cm³/mol. The number of hydrogen-bond donors (Lipinski definition) is 0. The van der Waals surface area contributed by atoms with Crippen LogP contribution >= 0.6 is 0 Å². The van der Waals surface area contributed by atoms with E-state index in [4.69, 9.17) is 15.0 Å². The Morgan fingerprint density at radius 2 is 0.920 bits per heavy atom. The lowest BCUT2D eigenvalue weighted by Crippen LogP contribution is -2.31. The van der Waals surface area contributed by atoms with Crippen molar-refractivity contribution in [3.8, 4) is 45.0 Å². The second-order valence-corrected chi connectivity index (χ2v) is 12.7. The molecule has 0 atom stereocenters. The van der Waals surface area contributed by atoms with Crippen LogP contribution in [0.4, 0.5) is 0 Å². The van der Waals surface area contributed by atoms with Gasteiger partial charge in [0.1, 0.15) is 5.82 Å². The molecule has 0 saturated heterocycles. The third kappa shape index (κ3) is 4.22. The van der Waals surface area contributed by atoms with Crippen LogP contribution in [0.2, 0.25) is 0 Å². The minimum absolute atomic E-state index is 0.827. The third-order valence-electron chi connectivity index (χ3n) is 9.87. The Morgan fingerprint density at radius 1 is 0.420 bits per heavy atom. The molecular formula is C46H30N4. The minimum atomic E-state index is -1.23. The average Bonchev–Trinajstić information content (AvgIpc) is 3.78. The van der Waals surface area contributed by atoms with Crippen LogP contribution < -0.4 is 0 Å². The molecule has 0 saturated carbocycles. The molecule has 8 aromatic rings. The number of benzene rings is 7. The molecule has 234 valence electrons. The van der Waals surface area contributed by atoms with Gasteiger partial charge in [-0.1, -0.05) is 182 Å². The Hall–Kier alpha value is -6.65. The zero-order valence-electron chi connectivity index (χ0n) is 27.1. The van der Waals surface area contributed by atoms with Crippen molar-refractivity contribution >= 4 is 22.2 Å². The van der Waals surface area contributed by atoms with E-state index >= 15 is 0 Å². The van der Waals surface area contributed by atoms with Gasteiger partial charge in [-0.15, -0.1) is 0 Å². The Labute approximate surface area is 290 Å². The molecule has 50 heavy (non-hydrogen) atoms. The molecule has 10 rings (SSSR count). The molecule has 2 aliphatic rings. The van der Waals surface area contributed by atoms with Gasteiger partial charge in [0, 0.05) is 33.4 Å². The van der Waals surface area contributed by atoms with Crippen LogP contribution in [0, 0.1) is 0 Å². The van der Waals surface area contributed by atoms with Crippen molar-refractivity contribution in [1.82, 2.24) is 9.55 Å². The van der Waals surface area contributed by atoms with Crippen LogP contribution in [0.15, 0.2) is 192 Å². The number of nitrogens with zero attached hydrogens (tertiary/aromatic N) is 4. The fraction of sp³-hybridized carbons (Fsp3) is 0.0217. The summed E-state index contributed by atoms with van der Waals surface area (Å²) in [5, 5.41) is 2.33. The number of hydrogen-bond acceptors (Lipinski definition) is 3. The van der Waals surface area contributed by atoms with Gasteiger partial charge in [0.05, 0.1) is 22.8 Å². The quantitative estimate of drug-likeness (QED) is 0.189. The van der Waals surface area contributed by atoms with Gasteiger partial charge in [-0.25, -0.2) is 15.0 Å². The van der Waals surface area contributed by atoms with Crippen molar-refractivity contribution in [2.75, 3.05) is 0 Å². The van der Waals surface area contributed by atoms with Crippen molar-refractivity contribution in [2.45, 2.75) is 5.79 Å². The monoisotopic (exact) mass is 638 g/mol. The lowest BCUT2D eigenvalue weighted by molar-refractivity contribution is 0.412. The molecule has 0 N–H and O–H groups in total. The van der Waals surface area contributed by atoms with Crippen LogP contribution in [0.3, 0.4) is 0 Å². The maximum Gasteiger partial charge on any atom is 0.262 e. The van der Waals surface area contributed by atoms with Gasteiger partial charge in [0.25, 0.3) is 5.79 Å².